The van der Waals surface area contributed by atoms with E-state index in [0.29, 0.717) is 0 Å². The Bertz CT molecular complexity index is 4870. The van der Waals surface area contributed by atoms with Crippen LogP contribution in [0.3, 0.4) is 0 Å². The zero-order chi connectivity index (χ0) is 62.9. The number of aromatic nitrogens is 2. The minimum Gasteiger partial charge on any atom is -0.310 e. The van der Waals surface area contributed by atoms with Crippen LogP contribution < -0.4 is 9.80 Å². The molecule has 2 aliphatic carbocycles. The molecule has 92 heavy (non-hydrogen) atoms. The number of nitrogens with zero attached hydrogens (tertiary/aromatic N) is 4. The number of benzene rings is 12. The fourth-order valence-electron chi connectivity index (χ4n) is 16.2. The first kappa shape index (κ1) is 58.0. The van der Waals surface area contributed by atoms with Crippen molar-refractivity contribution in [1.82, 2.24) is 9.13 Å². The van der Waals surface area contributed by atoms with Gasteiger partial charge < -0.3 is 18.9 Å². The summed E-state index contributed by atoms with van der Waals surface area (Å²) in [5.74, 6) is 0.497. The quantitative estimate of drug-likeness (QED) is 0.101. The van der Waals surface area contributed by atoms with Gasteiger partial charge in [0, 0.05) is 66.4 Å². The van der Waals surface area contributed by atoms with Crippen molar-refractivity contribution in [2.75, 3.05) is 9.80 Å². The van der Waals surface area contributed by atoms with Gasteiger partial charge in [-0.2, -0.15) is 0 Å². The van der Waals surface area contributed by atoms with Gasteiger partial charge in [-0.1, -0.05) is 178 Å². The molecule has 2 aliphatic rings. The molecule has 0 N–H and O–H groups in total. The maximum Gasteiger partial charge on any atom is 0.0561 e. The third kappa shape index (κ3) is 9.35. The Hall–Kier alpha value is -9.12. The number of aryl methyl sites for hydroxylation is 4. The molecular weight excluding hydrogens is 1110 g/mol. The smallest absolute Gasteiger partial charge is 0.0561 e. The van der Waals surface area contributed by atoms with Gasteiger partial charge in [0.05, 0.1) is 33.4 Å². The Morgan fingerprint density at radius 2 is 0.674 bits per heavy atom. The second kappa shape index (κ2) is 22.3. The highest BCUT2D eigenvalue weighted by molar-refractivity contribution is 6.30. The van der Waals surface area contributed by atoms with E-state index in [1.54, 1.807) is 0 Å². The van der Waals surface area contributed by atoms with E-state index in [2.05, 4.69) is 294 Å². The maximum atomic E-state index is 2.64. The van der Waals surface area contributed by atoms with E-state index in [1.165, 1.54) is 180 Å². The molecule has 16 rings (SSSR count). The summed E-state index contributed by atoms with van der Waals surface area (Å²) in [5, 5.41) is 12.9. The predicted molar refractivity (Wildman–Crippen MR) is 396 cm³/mol. The van der Waals surface area contributed by atoms with Crippen LogP contribution in [0.25, 0.3) is 87.3 Å². The summed E-state index contributed by atoms with van der Waals surface area (Å²) in [6, 6.07) is 81.3. The lowest BCUT2D eigenvalue weighted by atomic mass is 9.82. The highest BCUT2D eigenvalue weighted by atomic mass is 15.2. The second-order valence-corrected chi connectivity index (χ2v) is 29.0. The Morgan fingerprint density at radius 3 is 1.07 bits per heavy atom. The largest absolute Gasteiger partial charge is 0.310 e. The van der Waals surface area contributed by atoms with Crippen molar-refractivity contribution < 1.29 is 0 Å². The number of para-hydroxylation sites is 2. The first-order valence-electron chi connectivity index (χ1n) is 34.6. The SMILES string of the molecule is CCC(C)(C)c1ccc(-n2c3ccccc3c3ccc(N(c4ccc5c(c4)CCCC5)c4cc(C(C)C)c5ccc6c(N(c7ccc8c(c7)CCCC8)c7ccc8c9ccccc9n(-c9ccc(C(C)(C)CC)cc9)c8c7)cc(C(C)C)c7ccc4c5c76)cc32)cc1. The molecule has 0 bridgehead atoms. The third-order valence-corrected chi connectivity index (χ3v) is 22.2. The summed E-state index contributed by atoms with van der Waals surface area (Å²) in [6.45, 7) is 23.6. The van der Waals surface area contributed by atoms with Gasteiger partial charge in [0.25, 0.3) is 0 Å². The standard InChI is InChI=1S/C88H86N4/c1-11-87(7,8)61-31-37-63(38-32-61)91-79-27-19-17-25-69(79)71-43-41-67(51-81(71)91)89(65-35-29-57-21-13-15-23-59(57)49-65)83-53-77(55(3)4)73-46-48-76-84(54-78(56(5)6)74-45-47-75(83)85(73)86(74)76)90(66-36-30-58-22-14-16-24-60(58)50-66)68-42-44-72-70-26-18-20-28-80(70)92(82(72)52-68)64-39-33-62(34-40-64)88(9,10)12-2/h17-20,25-56H,11-16,21-24H2,1-10H3. The molecular formula is C88H86N4. The van der Waals surface area contributed by atoms with E-state index in [1.807, 2.05) is 0 Å². The molecule has 0 atom stereocenters. The van der Waals surface area contributed by atoms with Gasteiger partial charge in [-0.15, -0.1) is 0 Å². The molecule has 0 fully saturated rings. The topological polar surface area (TPSA) is 16.3 Å². The molecule has 0 aliphatic heterocycles. The van der Waals surface area contributed by atoms with E-state index in [4.69, 9.17) is 0 Å². The number of fused-ring (bicyclic) bond motifs is 8. The van der Waals surface area contributed by atoms with Crippen molar-refractivity contribution in [2.45, 2.75) is 156 Å². The Kier molecular flexibility index (Phi) is 14.1. The lowest BCUT2D eigenvalue weighted by molar-refractivity contribution is 0.506. The molecule has 14 aromatic rings. The summed E-state index contributed by atoms with van der Waals surface area (Å²) < 4.78 is 5.02. The molecule has 0 saturated heterocycles. The monoisotopic (exact) mass is 1200 g/mol. The molecule has 4 nitrogen and oxygen atoms in total. The fraction of sp³-hybridized carbons (Fsp3) is 0.273. The molecule has 2 aromatic heterocycles. The van der Waals surface area contributed by atoms with Gasteiger partial charge in [0.2, 0.25) is 0 Å². The summed E-state index contributed by atoms with van der Waals surface area (Å²) in [6.07, 6.45) is 11.6. The van der Waals surface area contributed by atoms with Crippen LogP contribution in [-0.2, 0) is 36.5 Å². The van der Waals surface area contributed by atoms with E-state index in [9.17, 15) is 0 Å². The first-order valence-corrected chi connectivity index (χ1v) is 34.6. The summed E-state index contributed by atoms with van der Waals surface area (Å²) in [5.41, 5.74) is 26.0. The predicted octanol–water partition coefficient (Wildman–Crippen LogP) is 25.1. The minimum atomic E-state index is 0.0916. The van der Waals surface area contributed by atoms with Crippen LogP contribution in [0.4, 0.5) is 34.1 Å². The van der Waals surface area contributed by atoms with Gasteiger partial charge in [-0.25, -0.2) is 0 Å². The van der Waals surface area contributed by atoms with Crippen molar-refractivity contribution in [3.05, 3.63) is 251 Å². The minimum absolute atomic E-state index is 0.0916. The van der Waals surface area contributed by atoms with Crippen molar-refractivity contribution in [3.63, 3.8) is 0 Å². The van der Waals surface area contributed by atoms with E-state index >= 15 is 0 Å². The summed E-state index contributed by atoms with van der Waals surface area (Å²) in [7, 11) is 0. The van der Waals surface area contributed by atoms with Crippen LogP contribution in [0.2, 0.25) is 0 Å². The van der Waals surface area contributed by atoms with E-state index < -0.39 is 0 Å². The van der Waals surface area contributed by atoms with Crippen molar-refractivity contribution in [3.8, 4) is 11.4 Å². The molecule has 0 unspecified atom stereocenters. The molecule has 0 amide bonds. The van der Waals surface area contributed by atoms with Gasteiger partial charge in [0.15, 0.2) is 0 Å². The van der Waals surface area contributed by atoms with Crippen LogP contribution in [0.15, 0.2) is 206 Å². The molecule has 458 valence electrons. The highest BCUT2D eigenvalue weighted by Gasteiger charge is 2.30. The van der Waals surface area contributed by atoms with Crippen molar-refractivity contribution in [2.24, 2.45) is 0 Å². The molecule has 12 aromatic carbocycles. The van der Waals surface area contributed by atoms with Crippen molar-refractivity contribution >= 4 is 110 Å². The molecule has 0 saturated carbocycles. The normalized spacial score (nSPS) is 13.9. The lowest BCUT2D eigenvalue weighted by Crippen LogP contribution is -2.15. The Balaban J connectivity index is 0.959. The molecule has 4 heteroatoms. The van der Waals surface area contributed by atoms with Gasteiger partial charge in [-0.3, -0.25) is 0 Å². The van der Waals surface area contributed by atoms with Crippen molar-refractivity contribution in [1.29, 1.82) is 0 Å². The number of anilines is 6. The molecule has 0 spiro atoms. The molecule has 0 radical (unpaired) electrons. The van der Waals surface area contributed by atoms with Gasteiger partial charge >= 0.3 is 0 Å². The molecule has 2 heterocycles. The van der Waals surface area contributed by atoms with Crippen LogP contribution in [0, 0.1) is 0 Å². The van der Waals surface area contributed by atoms with Gasteiger partial charge in [0.1, 0.15) is 0 Å². The fourth-order valence-corrected chi connectivity index (χ4v) is 16.2. The maximum absolute atomic E-state index is 2.64. The average molecular weight is 1200 g/mol. The van der Waals surface area contributed by atoms with E-state index in [-0.39, 0.29) is 22.7 Å². The van der Waals surface area contributed by atoms with Crippen LogP contribution in [-0.4, -0.2) is 9.13 Å². The summed E-state index contributed by atoms with van der Waals surface area (Å²) >= 11 is 0. The number of hydrogen-bond acceptors (Lipinski definition) is 2. The Labute approximate surface area is 544 Å². The highest BCUT2D eigenvalue weighted by Crippen LogP contribution is 2.53. The Morgan fingerprint density at radius 1 is 0.337 bits per heavy atom. The van der Waals surface area contributed by atoms with Gasteiger partial charge in [-0.05, 0) is 250 Å². The zero-order valence-electron chi connectivity index (χ0n) is 55.6. The summed E-state index contributed by atoms with van der Waals surface area (Å²) in [4.78, 5) is 5.27. The number of rotatable bonds is 14. The second-order valence-electron chi connectivity index (χ2n) is 29.0. The van der Waals surface area contributed by atoms with Crippen LogP contribution in [0.1, 0.15) is 164 Å². The first-order chi connectivity index (χ1) is 44.7. The number of hydrogen-bond donors (Lipinski definition) is 0. The van der Waals surface area contributed by atoms with Crippen LogP contribution >= 0.6 is 0 Å². The van der Waals surface area contributed by atoms with Crippen LogP contribution in [0.5, 0.6) is 0 Å². The third-order valence-electron chi connectivity index (χ3n) is 22.2. The lowest BCUT2D eigenvalue weighted by Gasteiger charge is -2.32. The zero-order valence-corrected chi connectivity index (χ0v) is 55.6. The van der Waals surface area contributed by atoms with E-state index in [0.717, 1.165) is 49.9 Å². The average Bonchev–Trinajstić information content (AvgIpc) is 0.890.